The lowest BCUT2D eigenvalue weighted by Gasteiger charge is -2.21. The zero-order valence-electron chi connectivity index (χ0n) is 16.9. The standard InChI is InChI=1S/C22H27N3O2S/c1-5-24(6-2)17-11-9-16(10-12-17)23-20-19(18-8-7-13-28-18)21(26)25(22(20)27)14-15(3)4/h7-13,15,23H,5-6,14H2,1-4H3. The highest BCUT2D eigenvalue weighted by atomic mass is 32.1. The monoisotopic (exact) mass is 397 g/mol. The van der Waals surface area contributed by atoms with Crippen molar-refractivity contribution in [2.75, 3.05) is 29.9 Å². The van der Waals surface area contributed by atoms with E-state index in [1.807, 2.05) is 55.6 Å². The van der Waals surface area contributed by atoms with Crippen molar-refractivity contribution in [1.82, 2.24) is 4.90 Å². The Morgan fingerprint density at radius 2 is 1.71 bits per heavy atom. The van der Waals surface area contributed by atoms with Crippen LogP contribution in [0.2, 0.25) is 0 Å². The lowest BCUT2D eigenvalue weighted by atomic mass is 10.1. The topological polar surface area (TPSA) is 52.7 Å². The number of hydrogen-bond acceptors (Lipinski definition) is 5. The fourth-order valence-electron chi connectivity index (χ4n) is 3.36. The Kier molecular flexibility index (Phi) is 6.19. The number of amides is 2. The number of nitrogens with zero attached hydrogens (tertiary/aromatic N) is 2. The first kappa shape index (κ1) is 20.1. The molecule has 0 bridgehead atoms. The lowest BCUT2D eigenvalue weighted by Crippen LogP contribution is -2.35. The minimum absolute atomic E-state index is 0.213. The van der Waals surface area contributed by atoms with E-state index in [9.17, 15) is 9.59 Å². The zero-order chi connectivity index (χ0) is 20.3. The molecule has 6 heteroatoms. The van der Waals surface area contributed by atoms with E-state index in [2.05, 4.69) is 24.1 Å². The van der Waals surface area contributed by atoms with Crippen LogP contribution >= 0.6 is 11.3 Å². The molecule has 28 heavy (non-hydrogen) atoms. The first-order valence-corrected chi connectivity index (χ1v) is 10.6. The molecule has 2 heterocycles. The van der Waals surface area contributed by atoms with Crippen LogP contribution in [0.3, 0.4) is 0 Å². The summed E-state index contributed by atoms with van der Waals surface area (Å²) < 4.78 is 0. The highest BCUT2D eigenvalue weighted by Crippen LogP contribution is 2.33. The molecular weight excluding hydrogens is 370 g/mol. The van der Waals surface area contributed by atoms with Gasteiger partial charge in [0.25, 0.3) is 11.8 Å². The molecule has 1 aromatic carbocycles. The van der Waals surface area contributed by atoms with Crippen LogP contribution in [-0.4, -0.2) is 36.3 Å². The van der Waals surface area contributed by atoms with Crippen molar-refractivity contribution in [3.05, 3.63) is 52.4 Å². The second-order valence-electron chi connectivity index (χ2n) is 7.19. The molecule has 0 atom stereocenters. The molecule has 0 saturated heterocycles. The van der Waals surface area contributed by atoms with Crippen LogP contribution in [0.4, 0.5) is 11.4 Å². The Balaban J connectivity index is 1.92. The smallest absolute Gasteiger partial charge is 0.278 e. The van der Waals surface area contributed by atoms with Gasteiger partial charge in [-0.2, -0.15) is 0 Å². The first-order chi connectivity index (χ1) is 13.5. The minimum Gasteiger partial charge on any atom is -0.372 e. The number of carbonyl (C=O) groups is 2. The summed E-state index contributed by atoms with van der Waals surface area (Å²) in [5, 5.41) is 5.14. The Morgan fingerprint density at radius 1 is 1.04 bits per heavy atom. The maximum absolute atomic E-state index is 13.0. The van der Waals surface area contributed by atoms with E-state index in [4.69, 9.17) is 0 Å². The molecule has 1 aromatic heterocycles. The largest absolute Gasteiger partial charge is 0.372 e. The maximum Gasteiger partial charge on any atom is 0.278 e. The number of benzene rings is 1. The summed E-state index contributed by atoms with van der Waals surface area (Å²) in [4.78, 5) is 30.4. The van der Waals surface area contributed by atoms with Gasteiger partial charge < -0.3 is 10.2 Å². The Bertz CT molecular complexity index is 866. The van der Waals surface area contributed by atoms with Gasteiger partial charge in [-0.25, -0.2) is 0 Å². The molecule has 0 saturated carbocycles. The lowest BCUT2D eigenvalue weighted by molar-refractivity contribution is -0.137. The maximum atomic E-state index is 13.0. The minimum atomic E-state index is -0.255. The van der Waals surface area contributed by atoms with Crippen LogP contribution in [-0.2, 0) is 9.59 Å². The van der Waals surface area contributed by atoms with Gasteiger partial charge in [0.05, 0.1) is 5.57 Å². The van der Waals surface area contributed by atoms with Crippen molar-refractivity contribution < 1.29 is 9.59 Å². The molecule has 0 fully saturated rings. The fraction of sp³-hybridized carbons (Fsp3) is 0.364. The van der Waals surface area contributed by atoms with Gasteiger partial charge >= 0.3 is 0 Å². The van der Waals surface area contributed by atoms with E-state index in [1.165, 1.54) is 16.2 Å². The highest BCUT2D eigenvalue weighted by Gasteiger charge is 2.39. The van der Waals surface area contributed by atoms with Gasteiger partial charge in [-0.05, 0) is 55.5 Å². The SMILES string of the molecule is CCN(CC)c1ccc(NC2=C(c3cccs3)C(=O)N(CC(C)C)C2=O)cc1. The van der Waals surface area contributed by atoms with Crippen molar-refractivity contribution in [3.63, 3.8) is 0 Å². The number of thiophene rings is 1. The molecule has 1 N–H and O–H groups in total. The predicted octanol–water partition coefficient (Wildman–Crippen LogP) is 4.44. The van der Waals surface area contributed by atoms with Crippen LogP contribution in [0, 0.1) is 5.92 Å². The molecular formula is C22H27N3O2S. The fourth-order valence-corrected chi connectivity index (χ4v) is 4.13. The Morgan fingerprint density at radius 3 is 2.25 bits per heavy atom. The van der Waals surface area contributed by atoms with Crippen molar-refractivity contribution in [1.29, 1.82) is 0 Å². The van der Waals surface area contributed by atoms with E-state index in [0.717, 1.165) is 29.3 Å². The molecule has 1 aliphatic rings. The van der Waals surface area contributed by atoms with Gasteiger partial charge in [-0.15, -0.1) is 11.3 Å². The van der Waals surface area contributed by atoms with Crippen LogP contribution < -0.4 is 10.2 Å². The van der Waals surface area contributed by atoms with Crippen molar-refractivity contribution in [2.45, 2.75) is 27.7 Å². The average Bonchev–Trinajstić information content (AvgIpc) is 3.27. The second kappa shape index (κ2) is 8.61. The van der Waals surface area contributed by atoms with E-state index in [1.54, 1.807) is 0 Å². The number of imide groups is 1. The van der Waals surface area contributed by atoms with E-state index < -0.39 is 0 Å². The molecule has 5 nitrogen and oxygen atoms in total. The van der Waals surface area contributed by atoms with Gasteiger partial charge in [-0.1, -0.05) is 19.9 Å². The highest BCUT2D eigenvalue weighted by molar-refractivity contribution is 7.11. The van der Waals surface area contributed by atoms with Crippen LogP contribution in [0.25, 0.3) is 5.57 Å². The number of anilines is 2. The van der Waals surface area contributed by atoms with Crippen molar-refractivity contribution >= 4 is 40.1 Å². The summed E-state index contributed by atoms with van der Waals surface area (Å²) in [5.41, 5.74) is 2.77. The Hall–Kier alpha value is -2.60. The molecule has 148 valence electrons. The average molecular weight is 398 g/mol. The first-order valence-electron chi connectivity index (χ1n) is 9.72. The van der Waals surface area contributed by atoms with Gasteiger partial charge in [0.1, 0.15) is 5.70 Å². The van der Waals surface area contributed by atoms with Gasteiger partial charge in [0, 0.05) is 35.9 Å². The summed E-state index contributed by atoms with van der Waals surface area (Å²) in [6, 6.07) is 11.8. The molecule has 2 aromatic rings. The number of rotatable bonds is 8. The van der Waals surface area contributed by atoms with Gasteiger partial charge in [0.2, 0.25) is 0 Å². The third kappa shape index (κ3) is 3.97. The van der Waals surface area contributed by atoms with Gasteiger partial charge in [-0.3, -0.25) is 14.5 Å². The molecule has 3 rings (SSSR count). The number of nitrogens with one attached hydrogen (secondary N) is 1. The third-order valence-corrected chi connectivity index (χ3v) is 5.64. The summed E-state index contributed by atoms with van der Waals surface area (Å²) in [7, 11) is 0. The van der Waals surface area contributed by atoms with Gasteiger partial charge in [0.15, 0.2) is 0 Å². The molecule has 0 spiro atoms. The van der Waals surface area contributed by atoms with Crippen LogP contribution in [0.5, 0.6) is 0 Å². The summed E-state index contributed by atoms with van der Waals surface area (Å²) in [6.07, 6.45) is 0. The number of carbonyl (C=O) groups excluding carboxylic acids is 2. The summed E-state index contributed by atoms with van der Waals surface area (Å²) >= 11 is 1.47. The normalized spacial score (nSPS) is 14.4. The van der Waals surface area contributed by atoms with Crippen LogP contribution in [0.1, 0.15) is 32.6 Å². The number of hydrogen-bond donors (Lipinski definition) is 1. The Labute approximate surface area is 170 Å². The van der Waals surface area contributed by atoms with E-state index >= 15 is 0 Å². The van der Waals surface area contributed by atoms with E-state index in [-0.39, 0.29) is 17.7 Å². The zero-order valence-corrected chi connectivity index (χ0v) is 17.7. The third-order valence-electron chi connectivity index (χ3n) is 4.75. The molecule has 1 aliphatic heterocycles. The predicted molar refractivity (Wildman–Crippen MR) is 116 cm³/mol. The summed E-state index contributed by atoms with van der Waals surface area (Å²) in [5.74, 6) is -0.261. The molecule has 0 unspecified atom stereocenters. The molecule has 0 aliphatic carbocycles. The van der Waals surface area contributed by atoms with E-state index in [0.29, 0.717) is 17.8 Å². The quantitative estimate of drug-likeness (QED) is 0.669. The van der Waals surface area contributed by atoms with Crippen molar-refractivity contribution in [3.8, 4) is 0 Å². The molecule has 0 radical (unpaired) electrons. The second-order valence-corrected chi connectivity index (χ2v) is 8.13. The van der Waals surface area contributed by atoms with Crippen molar-refractivity contribution in [2.24, 2.45) is 5.92 Å². The summed E-state index contributed by atoms with van der Waals surface area (Å²) in [6.45, 7) is 10.5. The van der Waals surface area contributed by atoms with Crippen LogP contribution in [0.15, 0.2) is 47.5 Å². The molecule has 2 amide bonds.